The van der Waals surface area contributed by atoms with Crippen LogP contribution in [0.1, 0.15) is 55.6 Å². The summed E-state index contributed by atoms with van der Waals surface area (Å²) in [6, 6.07) is 16.5. The zero-order valence-corrected chi connectivity index (χ0v) is 20.1. The van der Waals surface area contributed by atoms with Crippen LogP contribution in [0.2, 0.25) is 5.02 Å². The molecule has 2 aromatic rings. The number of rotatable bonds is 8. The molecule has 0 radical (unpaired) electrons. The molecule has 0 bridgehead atoms. The summed E-state index contributed by atoms with van der Waals surface area (Å²) in [5.41, 5.74) is 1.90. The Morgan fingerprint density at radius 2 is 1.69 bits per heavy atom. The van der Waals surface area contributed by atoms with Crippen molar-refractivity contribution < 1.29 is 9.84 Å². The van der Waals surface area contributed by atoms with E-state index in [-0.39, 0.29) is 5.92 Å². The van der Waals surface area contributed by atoms with Crippen LogP contribution in [0.4, 0.5) is 0 Å². The summed E-state index contributed by atoms with van der Waals surface area (Å²) < 4.78 is 5.48. The molecule has 1 aliphatic carbocycles. The summed E-state index contributed by atoms with van der Waals surface area (Å²) in [6.45, 7) is 6.27. The molecule has 32 heavy (non-hydrogen) atoms. The number of nitrogens with zero attached hydrogens (tertiary/aromatic N) is 2. The molecule has 4 nitrogen and oxygen atoms in total. The lowest BCUT2D eigenvalue weighted by atomic mass is 9.71. The fourth-order valence-corrected chi connectivity index (χ4v) is 5.71. The predicted molar refractivity (Wildman–Crippen MR) is 132 cm³/mol. The molecule has 0 aromatic heterocycles. The Hall–Kier alpha value is -1.59. The molecule has 5 heteroatoms. The average Bonchev–Trinajstić information content (AvgIpc) is 2.81. The molecule has 1 unspecified atom stereocenters. The van der Waals surface area contributed by atoms with Gasteiger partial charge in [-0.3, -0.25) is 4.90 Å². The second-order valence-electron chi connectivity index (χ2n) is 9.53. The lowest BCUT2D eigenvalue weighted by molar-refractivity contribution is -0.0273. The monoisotopic (exact) mass is 456 g/mol. The van der Waals surface area contributed by atoms with E-state index in [2.05, 4.69) is 40.1 Å². The van der Waals surface area contributed by atoms with Crippen LogP contribution < -0.4 is 4.74 Å². The van der Waals surface area contributed by atoms with E-state index < -0.39 is 5.60 Å². The van der Waals surface area contributed by atoms with E-state index in [4.69, 9.17) is 16.3 Å². The highest BCUT2D eigenvalue weighted by Crippen LogP contribution is 2.42. The quantitative estimate of drug-likeness (QED) is 0.582. The van der Waals surface area contributed by atoms with Crippen LogP contribution in [0.15, 0.2) is 48.5 Å². The van der Waals surface area contributed by atoms with E-state index in [1.54, 1.807) is 7.11 Å². The van der Waals surface area contributed by atoms with Gasteiger partial charge in [-0.05, 0) is 61.2 Å². The van der Waals surface area contributed by atoms with Crippen LogP contribution in [-0.2, 0) is 6.54 Å². The summed E-state index contributed by atoms with van der Waals surface area (Å²) in [5.74, 6) is 1.03. The summed E-state index contributed by atoms with van der Waals surface area (Å²) in [5, 5.41) is 12.4. The average molecular weight is 457 g/mol. The number of methoxy groups -OCH3 is 1. The highest BCUT2D eigenvalue weighted by atomic mass is 35.5. The van der Waals surface area contributed by atoms with Crippen LogP contribution in [0, 0.1) is 0 Å². The molecule has 1 N–H and O–H groups in total. The van der Waals surface area contributed by atoms with E-state index in [1.807, 2.05) is 18.2 Å². The first-order chi connectivity index (χ1) is 15.6. The molecule has 1 atom stereocenters. The second-order valence-corrected chi connectivity index (χ2v) is 9.97. The first-order valence-electron chi connectivity index (χ1n) is 12.1. The minimum Gasteiger partial charge on any atom is -0.497 e. The highest BCUT2D eigenvalue weighted by Gasteiger charge is 2.38. The first-order valence-corrected chi connectivity index (χ1v) is 12.5. The van der Waals surface area contributed by atoms with Gasteiger partial charge in [0, 0.05) is 43.7 Å². The third-order valence-corrected chi connectivity index (χ3v) is 7.59. The molecule has 0 spiro atoms. The van der Waals surface area contributed by atoms with Crippen molar-refractivity contribution in [2.75, 3.05) is 39.8 Å². The number of piperazine rings is 1. The number of halogens is 1. The molecule has 174 valence electrons. The summed E-state index contributed by atoms with van der Waals surface area (Å²) >= 11 is 6.15. The van der Waals surface area contributed by atoms with Crippen LogP contribution in [0.25, 0.3) is 0 Å². The molecule has 2 aliphatic rings. The normalized spacial score (nSPS) is 20.7. The number of hydrogen-bond acceptors (Lipinski definition) is 4. The molecule has 1 heterocycles. The highest BCUT2D eigenvalue weighted by molar-refractivity contribution is 6.30. The van der Waals surface area contributed by atoms with Crippen molar-refractivity contribution in [1.82, 2.24) is 9.80 Å². The van der Waals surface area contributed by atoms with Crippen molar-refractivity contribution in [3.8, 4) is 5.75 Å². The van der Waals surface area contributed by atoms with Gasteiger partial charge in [-0.25, -0.2) is 0 Å². The Morgan fingerprint density at radius 3 is 2.41 bits per heavy atom. The van der Waals surface area contributed by atoms with Gasteiger partial charge in [0.05, 0.1) is 12.7 Å². The summed E-state index contributed by atoms with van der Waals surface area (Å²) in [4.78, 5) is 5.07. The molecule has 4 rings (SSSR count). The van der Waals surface area contributed by atoms with Gasteiger partial charge in [0.2, 0.25) is 0 Å². The van der Waals surface area contributed by atoms with Gasteiger partial charge in [-0.2, -0.15) is 0 Å². The van der Waals surface area contributed by atoms with Gasteiger partial charge in [-0.1, -0.05) is 55.1 Å². The molecular weight excluding hydrogens is 420 g/mol. The molecule has 2 aromatic carbocycles. The molecule has 0 amide bonds. The maximum atomic E-state index is 11.6. The fraction of sp³-hybridized carbons (Fsp3) is 0.556. The van der Waals surface area contributed by atoms with Crippen molar-refractivity contribution in [1.29, 1.82) is 0 Å². The fourth-order valence-electron chi connectivity index (χ4n) is 5.49. The van der Waals surface area contributed by atoms with E-state index in [0.717, 1.165) is 82.1 Å². The van der Waals surface area contributed by atoms with E-state index >= 15 is 0 Å². The number of benzene rings is 2. The third kappa shape index (κ3) is 6.05. The molecule has 1 saturated carbocycles. The van der Waals surface area contributed by atoms with E-state index in [0.29, 0.717) is 0 Å². The number of aliphatic hydroxyl groups is 1. The van der Waals surface area contributed by atoms with Gasteiger partial charge >= 0.3 is 0 Å². The SMILES string of the molecule is COc1cccc(C(CCN2CCN(Cc3cccc(Cl)c3)CC2)C2(O)CCCCC2)c1. The lowest BCUT2D eigenvalue weighted by Crippen LogP contribution is -2.47. The Labute approximate surface area is 198 Å². The second kappa shape index (κ2) is 11.0. The van der Waals surface area contributed by atoms with Crippen molar-refractivity contribution in [3.63, 3.8) is 0 Å². The Bertz CT molecular complexity index is 860. The van der Waals surface area contributed by atoms with Gasteiger partial charge < -0.3 is 14.7 Å². The first kappa shape index (κ1) is 23.6. The minimum absolute atomic E-state index is 0.155. The summed E-state index contributed by atoms with van der Waals surface area (Å²) in [6.07, 6.45) is 6.28. The van der Waals surface area contributed by atoms with Gasteiger partial charge in [0.15, 0.2) is 0 Å². The summed E-state index contributed by atoms with van der Waals surface area (Å²) in [7, 11) is 1.71. The smallest absolute Gasteiger partial charge is 0.119 e. The molecule has 2 fully saturated rings. The zero-order valence-electron chi connectivity index (χ0n) is 19.3. The Morgan fingerprint density at radius 1 is 0.969 bits per heavy atom. The van der Waals surface area contributed by atoms with Crippen LogP contribution in [0.3, 0.4) is 0 Å². The standard InChI is InChI=1S/C27H37ClN2O2/c1-32-25-10-6-8-23(20-25)26(27(31)12-3-2-4-13-27)11-14-29-15-17-30(18-16-29)21-22-7-5-9-24(28)19-22/h5-10,19-20,26,31H,2-4,11-18,21H2,1H3. The van der Waals surface area contributed by atoms with Crippen LogP contribution >= 0.6 is 11.6 Å². The number of hydrogen-bond donors (Lipinski definition) is 1. The van der Waals surface area contributed by atoms with Crippen LogP contribution in [0.5, 0.6) is 5.75 Å². The largest absolute Gasteiger partial charge is 0.497 e. The Balaban J connectivity index is 1.36. The van der Waals surface area contributed by atoms with E-state index in [9.17, 15) is 5.11 Å². The third-order valence-electron chi connectivity index (χ3n) is 7.36. The van der Waals surface area contributed by atoms with Gasteiger partial charge in [0.25, 0.3) is 0 Å². The van der Waals surface area contributed by atoms with Crippen molar-refractivity contribution in [2.24, 2.45) is 0 Å². The van der Waals surface area contributed by atoms with Crippen LogP contribution in [-0.4, -0.2) is 60.3 Å². The molecule has 1 aliphatic heterocycles. The zero-order chi connectivity index (χ0) is 22.4. The molecular formula is C27H37ClN2O2. The minimum atomic E-state index is -0.598. The topological polar surface area (TPSA) is 35.9 Å². The van der Waals surface area contributed by atoms with Crippen molar-refractivity contribution in [3.05, 3.63) is 64.7 Å². The molecule has 1 saturated heterocycles. The van der Waals surface area contributed by atoms with Gasteiger partial charge in [-0.15, -0.1) is 0 Å². The van der Waals surface area contributed by atoms with Crippen molar-refractivity contribution >= 4 is 11.6 Å². The Kier molecular flexibility index (Phi) is 8.12. The predicted octanol–water partition coefficient (Wildman–Crippen LogP) is 5.34. The van der Waals surface area contributed by atoms with E-state index in [1.165, 1.54) is 17.5 Å². The lowest BCUT2D eigenvalue weighted by Gasteiger charge is -2.41. The maximum absolute atomic E-state index is 11.6. The van der Waals surface area contributed by atoms with Crippen molar-refractivity contribution in [2.45, 2.75) is 56.6 Å². The maximum Gasteiger partial charge on any atom is 0.119 e. The van der Waals surface area contributed by atoms with Gasteiger partial charge in [0.1, 0.15) is 5.75 Å². The number of ether oxygens (including phenoxy) is 1.